The molecule has 1 aliphatic heterocycles. The van der Waals surface area contributed by atoms with Gasteiger partial charge in [-0.3, -0.25) is 0 Å². The molecule has 5 nitrogen and oxygen atoms in total. The maximum absolute atomic E-state index is 6.92. The van der Waals surface area contributed by atoms with E-state index in [1.54, 1.807) is 0 Å². The average Bonchev–Trinajstić information content (AvgIpc) is 3.87. The molecule has 0 atom stereocenters. The molecule has 3 heterocycles. The largest absolute Gasteiger partial charge is 0.509 e. The Morgan fingerprint density at radius 3 is 1.91 bits per heavy atom. The summed E-state index contributed by atoms with van der Waals surface area (Å²) >= 11 is 0. The quantitative estimate of drug-likeness (QED) is 0.142. The number of hydrogen-bond donors (Lipinski definition) is 0. The Labute approximate surface area is 401 Å². The summed E-state index contributed by atoms with van der Waals surface area (Å²) in [5.41, 5.74) is 11.9. The Morgan fingerprint density at radius 2 is 1.22 bits per heavy atom. The van der Waals surface area contributed by atoms with Crippen molar-refractivity contribution >= 4 is 33.2 Å². The Kier molecular flexibility index (Phi) is 12.0. The molecule has 0 unspecified atom stereocenters. The number of fused-ring (bicyclic) bond motifs is 3. The zero-order chi connectivity index (χ0) is 45.2. The van der Waals surface area contributed by atoms with Crippen molar-refractivity contribution < 1.29 is 25.8 Å². The summed E-state index contributed by atoms with van der Waals surface area (Å²) in [4.78, 5) is 9.47. The summed E-state index contributed by atoms with van der Waals surface area (Å²) in [6, 6.07) is 57.2. The summed E-state index contributed by atoms with van der Waals surface area (Å²) in [7, 11) is 0. The number of pyridine rings is 1. The van der Waals surface area contributed by atoms with Crippen LogP contribution in [-0.4, -0.2) is 9.55 Å². The van der Waals surface area contributed by atoms with Crippen LogP contribution in [0.25, 0.3) is 38.8 Å². The number of rotatable bonds is 8. The van der Waals surface area contributed by atoms with Crippen LogP contribution in [0, 0.1) is 24.2 Å². The maximum atomic E-state index is 6.92. The molecule has 65 heavy (non-hydrogen) atoms. The van der Waals surface area contributed by atoms with Crippen LogP contribution in [0.5, 0.6) is 11.5 Å². The number of ether oxygens (including phenoxy) is 1. The number of hydrogen-bond acceptors (Lipinski definition) is 4. The van der Waals surface area contributed by atoms with Gasteiger partial charge < -0.3 is 19.1 Å². The van der Waals surface area contributed by atoms with Crippen molar-refractivity contribution in [3.05, 3.63) is 199 Å². The van der Waals surface area contributed by atoms with Crippen molar-refractivity contribution in [2.45, 2.75) is 92.4 Å². The standard InChI is InChI=1S/C59H59N4O.Pt/c1-56(2,3)43-23-18-24-46(33-43)61-38-54(58(7,8)9)62(39-61)47-31-41(40-19-14-12-15-20-40)32-49(36-47)64-48-26-27-50-51-34-45(59(10,11)42-21-16-13-17-22-42)25-28-52(51)63(53(50)37-48)55-35-44(29-30-60-55)57(4,5)6;/h12-35,38-39H,1-11H3;/q-3;. The Morgan fingerprint density at radius 1 is 0.538 bits per heavy atom. The van der Waals surface area contributed by atoms with Gasteiger partial charge in [-0.1, -0.05) is 167 Å². The van der Waals surface area contributed by atoms with E-state index in [2.05, 4.69) is 249 Å². The van der Waals surface area contributed by atoms with Gasteiger partial charge in [0.1, 0.15) is 5.82 Å². The van der Waals surface area contributed by atoms with Crippen molar-refractivity contribution in [1.82, 2.24) is 9.55 Å². The van der Waals surface area contributed by atoms with E-state index in [4.69, 9.17) is 9.72 Å². The van der Waals surface area contributed by atoms with E-state index in [-0.39, 0.29) is 42.7 Å². The summed E-state index contributed by atoms with van der Waals surface area (Å²) in [5, 5.41) is 2.23. The second kappa shape index (κ2) is 17.1. The van der Waals surface area contributed by atoms with Crippen molar-refractivity contribution in [2.75, 3.05) is 9.80 Å². The van der Waals surface area contributed by atoms with Crippen LogP contribution in [0.15, 0.2) is 158 Å². The van der Waals surface area contributed by atoms with Gasteiger partial charge in [0.25, 0.3) is 0 Å². The molecule has 2 aromatic heterocycles. The summed E-state index contributed by atoms with van der Waals surface area (Å²) in [6.45, 7) is 27.0. The third-order valence-corrected chi connectivity index (χ3v) is 12.7. The molecule has 1 aliphatic rings. The Bertz CT molecular complexity index is 3030. The van der Waals surface area contributed by atoms with E-state index in [9.17, 15) is 0 Å². The van der Waals surface area contributed by atoms with Crippen molar-refractivity contribution in [3.63, 3.8) is 0 Å². The number of benzene rings is 6. The number of nitrogens with zero attached hydrogens (tertiary/aromatic N) is 4. The molecular weight excluding hydrogens is 976 g/mol. The van der Waals surface area contributed by atoms with Gasteiger partial charge in [0.05, 0.1) is 0 Å². The van der Waals surface area contributed by atoms with Gasteiger partial charge in [-0.2, -0.15) is 6.07 Å². The monoisotopic (exact) mass is 1030 g/mol. The third kappa shape index (κ3) is 9.05. The van der Waals surface area contributed by atoms with Gasteiger partial charge in [0.2, 0.25) is 0 Å². The van der Waals surface area contributed by atoms with Crippen LogP contribution in [0.3, 0.4) is 0 Å². The molecule has 334 valence electrons. The zero-order valence-corrected chi connectivity index (χ0v) is 41.8. The van der Waals surface area contributed by atoms with Crippen LogP contribution in [-0.2, 0) is 37.3 Å². The fourth-order valence-corrected chi connectivity index (χ4v) is 8.70. The van der Waals surface area contributed by atoms with Crippen molar-refractivity contribution in [2.24, 2.45) is 5.41 Å². The van der Waals surface area contributed by atoms with Gasteiger partial charge in [0.15, 0.2) is 0 Å². The van der Waals surface area contributed by atoms with Crippen molar-refractivity contribution in [3.8, 4) is 28.4 Å². The van der Waals surface area contributed by atoms with Crippen LogP contribution >= 0.6 is 0 Å². The van der Waals surface area contributed by atoms with Gasteiger partial charge in [0, 0.05) is 66.5 Å². The zero-order valence-electron chi connectivity index (χ0n) is 39.5. The molecule has 0 saturated heterocycles. The summed E-state index contributed by atoms with van der Waals surface area (Å²) in [5.74, 6) is 2.04. The molecule has 0 fully saturated rings. The van der Waals surface area contributed by atoms with E-state index >= 15 is 0 Å². The van der Waals surface area contributed by atoms with Crippen LogP contribution in [0.2, 0.25) is 0 Å². The van der Waals surface area contributed by atoms with Gasteiger partial charge >= 0.3 is 0 Å². The van der Waals surface area contributed by atoms with Crippen molar-refractivity contribution in [1.29, 1.82) is 0 Å². The number of allylic oxidation sites excluding steroid dienone is 1. The first-order valence-electron chi connectivity index (χ1n) is 22.4. The van der Waals surface area contributed by atoms with E-state index in [1.807, 2.05) is 12.3 Å². The number of aromatic nitrogens is 2. The minimum atomic E-state index is -0.208. The second-order valence-corrected chi connectivity index (χ2v) is 20.8. The fraction of sp³-hybridized carbons (Fsp3) is 0.254. The molecule has 0 bridgehead atoms. The molecular formula is C59H59N4OPt-3. The average molecular weight is 1040 g/mol. The first-order chi connectivity index (χ1) is 30.3. The van der Waals surface area contributed by atoms with Crippen LogP contribution < -0.4 is 14.5 Å². The van der Waals surface area contributed by atoms with E-state index < -0.39 is 0 Å². The molecule has 6 aromatic carbocycles. The first-order valence-corrected chi connectivity index (χ1v) is 22.4. The van der Waals surface area contributed by atoms with E-state index in [1.165, 1.54) is 22.3 Å². The van der Waals surface area contributed by atoms with E-state index in [0.717, 1.165) is 55.8 Å². The topological polar surface area (TPSA) is 33.5 Å². The first kappa shape index (κ1) is 45.7. The van der Waals surface area contributed by atoms with E-state index in [0.29, 0.717) is 11.5 Å². The fourth-order valence-electron chi connectivity index (χ4n) is 8.70. The molecule has 0 N–H and O–H groups in total. The normalized spacial score (nSPS) is 13.6. The molecule has 0 radical (unpaired) electrons. The Hall–Kier alpha value is -5.90. The third-order valence-electron chi connectivity index (χ3n) is 12.7. The second-order valence-electron chi connectivity index (χ2n) is 20.8. The van der Waals surface area contributed by atoms with Crippen LogP contribution in [0.1, 0.15) is 98.4 Å². The maximum Gasteiger partial charge on any atom is 0.135 e. The van der Waals surface area contributed by atoms with Gasteiger partial charge in [-0.25, -0.2) is 4.98 Å². The molecule has 8 aromatic rings. The molecule has 0 spiro atoms. The molecule has 6 heteroatoms. The predicted molar refractivity (Wildman–Crippen MR) is 267 cm³/mol. The predicted octanol–water partition coefficient (Wildman–Crippen LogP) is 15.5. The minimum absolute atomic E-state index is 0. The Balaban J connectivity index is 0.00000576. The minimum Gasteiger partial charge on any atom is -0.509 e. The summed E-state index contributed by atoms with van der Waals surface area (Å²) in [6.07, 6.45) is 4.17. The molecule has 9 rings (SSSR count). The molecule has 0 saturated carbocycles. The smallest absolute Gasteiger partial charge is 0.135 e. The van der Waals surface area contributed by atoms with Gasteiger partial charge in [-0.15, -0.1) is 53.6 Å². The van der Waals surface area contributed by atoms with Crippen LogP contribution in [0.4, 0.5) is 11.4 Å². The SMILES string of the molecule is CC(C)(C)C1=CN(c2cccc(C(C)(C)C)c2)[CH-]N1c1[c-]c(Oc2[c-]c3c(cc2)c2cc(C(C)(C)c4ccccc4)ccc2n3-c2cc(C(C)(C)C)ccn2)cc(-c2ccccc2)c1.[Pt]. The molecule has 0 amide bonds. The summed E-state index contributed by atoms with van der Waals surface area (Å²) < 4.78 is 9.16. The number of anilines is 2. The molecule has 0 aliphatic carbocycles. The van der Waals surface area contributed by atoms with Gasteiger partial charge in [-0.05, 0) is 80.6 Å².